The Morgan fingerprint density at radius 2 is 1.17 bits per heavy atom. The van der Waals surface area contributed by atoms with Crippen LogP contribution in [0, 0.1) is 5.92 Å². The van der Waals surface area contributed by atoms with Gasteiger partial charge < -0.3 is 4.74 Å². The predicted molar refractivity (Wildman–Crippen MR) is 113 cm³/mol. The number of alkyl halides is 9. The zero-order valence-electron chi connectivity index (χ0n) is 18.8. The second-order valence-electron chi connectivity index (χ2n) is 8.92. The van der Waals surface area contributed by atoms with Crippen LogP contribution in [0.15, 0.2) is 48.5 Å². The first-order valence-electron chi connectivity index (χ1n) is 11.3. The summed E-state index contributed by atoms with van der Waals surface area (Å²) in [5, 5.41) is 0. The van der Waals surface area contributed by atoms with Crippen molar-refractivity contribution in [2.45, 2.75) is 75.5 Å². The molecular weight excluding hydrogens is 487 g/mol. The van der Waals surface area contributed by atoms with E-state index in [4.69, 9.17) is 0 Å². The minimum atomic E-state index is -7.00. The van der Waals surface area contributed by atoms with Gasteiger partial charge in [0.05, 0.1) is 0 Å². The molecule has 0 amide bonds. The molecule has 0 spiro atoms. The van der Waals surface area contributed by atoms with E-state index in [1.54, 1.807) is 0 Å². The molecule has 0 aliphatic heterocycles. The molecule has 1 aliphatic carbocycles. The van der Waals surface area contributed by atoms with E-state index in [9.17, 15) is 39.5 Å². The first-order chi connectivity index (χ1) is 16.2. The summed E-state index contributed by atoms with van der Waals surface area (Å²) >= 11 is 0. The lowest BCUT2D eigenvalue weighted by Crippen LogP contribution is -2.62. The third-order valence-corrected chi connectivity index (χ3v) is 6.48. The van der Waals surface area contributed by atoms with E-state index in [0.717, 1.165) is 30.9 Å². The zero-order valence-corrected chi connectivity index (χ0v) is 18.8. The van der Waals surface area contributed by atoms with Gasteiger partial charge in [0, 0.05) is 0 Å². The summed E-state index contributed by atoms with van der Waals surface area (Å²) in [5.74, 6) is -13.6. The minimum absolute atomic E-state index is 0.451. The first-order valence-corrected chi connectivity index (χ1v) is 11.3. The molecule has 3 rings (SSSR count). The maximum atomic E-state index is 13.7. The van der Waals surface area contributed by atoms with E-state index < -0.39 is 29.9 Å². The van der Waals surface area contributed by atoms with E-state index in [1.165, 1.54) is 43.4 Å². The molecule has 0 radical (unpaired) electrons. The molecule has 0 saturated heterocycles. The molecule has 1 aliphatic rings. The lowest BCUT2D eigenvalue weighted by atomic mass is 9.77. The van der Waals surface area contributed by atoms with Gasteiger partial charge in [0.1, 0.15) is 5.75 Å². The van der Waals surface area contributed by atoms with E-state index in [-0.39, 0.29) is 0 Å². The minimum Gasteiger partial charge on any atom is -0.428 e. The van der Waals surface area contributed by atoms with Crippen molar-refractivity contribution in [1.29, 1.82) is 0 Å². The number of hydrogen-bond acceptors (Lipinski definition) is 1. The highest BCUT2D eigenvalue weighted by atomic mass is 19.4. The van der Waals surface area contributed by atoms with Gasteiger partial charge in [-0.25, -0.2) is 0 Å². The van der Waals surface area contributed by atoms with Crippen LogP contribution >= 0.6 is 0 Å². The van der Waals surface area contributed by atoms with Crippen LogP contribution in [0.5, 0.6) is 5.75 Å². The van der Waals surface area contributed by atoms with Crippen LogP contribution in [-0.2, 0) is 0 Å². The Labute approximate surface area is 197 Å². The highest BCUT2D eigenvalue weighted by molar-refractivity contribution is 5.64. The fourth-order valence-electron chi connectivity index (χ4n) is 4.43. The Morgan fingerprint density at radius 1 is 0.686 bits per heavy atom. The van der Waals surface area contributed by atoms with Gasteiger partial charge in [0.25, 0.3) is 0 Å². The van der Waals surface area contributed by atoms with Crippen LogP contribution in [0.2, 0.25) is 0 Å². The average molecular weight is 512 g/mol. The van der Waals surface area contributed by atoms with Crippen molar-refractivity contribution in [3.63, 3.8) is 0 Å². The van der Waals surface area contributed by atoms with Gasteiger partial charge in [0.2, 0.25) is 0 Å². The normalized spacial score (nSPS) is 20.1. The Kier molecular flexibility index (Phi) is 7.72. The fraction of sp³-hybridized carbons (Fsp3) is 0.520. The molecule has 1 fully saturated rings. The van der Waals surface area contributed by atoms with Crippen molar-refractivity contribution in [3.05, 3.63) is 54.1 Å². The molecule has 0 aromatic heterocycles. The summed E-state index contributed by atoms with van der Waals surface area (Å²) in [6.07, 6.45) is -6.04. The van der Waals surface area contributed by atoms with Crippen molar-refractivity contribution in [1.82, 2.24) is 0 Å². The van der Waals surface area contributed by atoms with Gasteiger partial charge >= 0.3 is 24.1 Å². The molecular formula is C25H25F9O. The maximum Gasteiger partial charge on any atom is 0.471 e. The van der Waals surface area contributed by atoms with Gasteiger partial charge in [-0.15, -0.1) is 0 Å². The Bertz CT molecular complexity index is 958. The van der Waals surface area contributed by atoms with E-state index in [0.29, 0.717) is 17.0 Å². The van der Waals surface area contributed by atoms with Crippen LogP contribution in [0.25, 0.3) is 11.1 Å². The summed E-state index contributed by atoms with van der Waals surface area (Å²) in [4.78, 5) is 0. The summed E-state index contributed by atoms with van der Waals surface area (Å²) in [6, 6.07) is 11.6. The van der Waals surface area contributed by atoms with Crippen molar-refractivity contribution >= 4 is 0 Å². The van der Waals surface area contributed by atoms with Crippen molar-refractivity contribution in [2.75, 3.05) is 0 Å². The summed E-state index contributed by atoms with van der Waals surface area (Å²) in [7, 11) is 0. The van der Waals surface area contributed by atoms with Crippen LogP contribution in [0.1, 0.15) is 56.9 Å². The quantitative estimate of drug-likeness (QED) is 0.321. The van der Waals surface area contributed by atoms with E-state index >= 15 is 0 Å². The average Bonchev–Trinajstić information content (AvgIpc) is 2.79. The van der Waals surface area contributed by atoms with Gasteiger partial charge in [0.15, 0.2) is 0 Å². The highest BCUT2D eigenvalue weighted by Crippen LogP contribution is 2.53. The molecule has 2 aromatic rings. The summed E-state index contributed by atoms with van der Waals surface area (Å²) < 4.78 is 120. The Balaban J connectivity index is 1.68. The number of rotatable bonds is 8. The lowest BCUT2D eigenvalue weighted by Gasteiger charge is -2.33. The molecule has 194 valence electrons. The van der Waals surface area contributed by atoms with Gasteiger partial charge in [-0.05, 0) is 66.3 Å². The molecule has 0 atom stereocenters. The first kappa shape index (κ1) is 27.2. The summed E-state index contributed by atoms with van der Waals surface area (Å²) in [6.45, 7) is 2.18. The van der Waals surface area contributed by atoms with Crippen LogP contribution in [0.4, 0.5) is 39.5 Å². The van der Waals surface area contributed by atoms with Crippen LogP contribution in [-0.4, -0.2) is 24.1 Å². The predicted octanol–water partition coefficient (Wildman–Crippen LogP) is 9.23. The second kappa shape index (κ2) is 9.93. The molecule has 10 heteroatoms. The number of benzene rings is 2. The van der Waals surface area contributed by atoms with E-state index in [1.807, 2.05) is 24.3 Å². The van der Waals surface area contributed by atoms with Gasteiger partial charge in [-0.3, -0.25) is 0 Å². The Hall–Kier alpha value is -2.39. The van der Waals surface area contributed by atoms with Crippen molar-refractivity contribution in [2.24, 2.45) is 5.92 Å². The third kappa shape index (κ3) is 5.56. The molecule has 0 bridgehead atoms. The molecule has 1 saturated carbocycles. The number of halogens is 9. The largest absolute Gasteiger partial charge is 0.471 e. The monoisotopic (exact) mass is 512 g/mol. The highest BCUT2D eigenvalue weighted by Gasteiger charge is 2.83. The second-order valence-corrected chi connectivity index (χ2v) is 8.92. The van der Waals surface area contributed by atoms with E-state index in [2.05, 4.69) is 11.7 Å². The smallest absolute Gasteiger partial charge is 0.428 e. The van der Waals surface area contributed by atoms with Crippen molar-refractivity contribution < 1.29 is 44.3 Å². The van der Waals surface area contributed by atoms with Gasteiger partial charge in [-0.1, -0.05) is 56.2 Å². The molecule has 0 N–H and O–H groups in total. The summed E-state index contributed by atoms with van der Waals surface area (Å²) in [5.41, 5.74) is 2.35. The molecule has 0 heterocycles. The van der Waals surface area contributed by atoms with Crippen LogP contribution < -0.4 is 4.74 Å². The Morgan fingerprint density at radius 3 is 1.63 bits per heavy atom. The molecule has 2 aromatic carbocycles. The molecule has 0 unspecified atom stereocenters. The van der Waals surface area contributed by atoms with Gasteiger partial charge in [-0.2, -0.15) is 39.5 Å². The fourth-order valence-corrected chi connectivity index (χ4v) is 4.43. The standard InChI is InChI=1S/C25H25F9O/c1-2-3-16-4-6-17(7-5-16)18-8-10-19(11-9-18)20-12-14-21(15-13-20)35-25(33,34)23(28,29)22(26,27)24(30,31)32/h8-17H,2-7H2,1H3. The topological polar surface area (TPSA) is 9.23 Å². The van der Waals surface area contributed by atoms with Crippen LogP contribution in [0.3, 0.4) is 0 Å². The number of hydrogen-bond donors (Lipinski definition) is 0. The lowest BCUT2D eigenvalue weighted by molar-refractivity contribution is -0.428. The SMILES string of the molecule is CCCC1CCC(c2ccc(-c3ccc(OC(F)(F)C(F)(F)C(F)(F)C(F)(F)F)cc3)cc2)CC1. The zero-order chi connectivity index (χ0) is 26.1. The third-order valence-electron chi connectivity index (χ3n) is 6.48. The number of ether oxygens (including phenoxy) is 1. The van der Waals surface area contributed by atoms with Crippen molar-refractivity contribution in [3.8, 4) is 16.9 Å². The molecule has 1 nitrogen and oxygen atoms in total. The molecule has 35 heavy (non-hydrogen) atoms. The maximum absolute atomic E-state index is 13.7.